The molecule has 2 rings (SSSR count). The first kappa shape index (κ1) is 28.4. The monoisotopic (exact) mass is 432 g/mol. The van der Waals surface area contributed by atoms with Crippen LogP contribution in [0.25, 0.3) is 0 Å². The average Bonchev–Trinajstić information content (AvgIpc) is 2.60. The van der Waals surface area contributed by atoms with Gasteiger partial charge in [0.05, 0.1) is 0 Å². The predicted octanol–water partition coefficient (Wildman–Crippen LogP) is 2.42. The number of nitrogens with one attached hydrogen (secondary N) is 2. The van der Waals surface area contributed by atoms with Gasteiger partial charge in [-0.3, -0.25) is 4.79 Å². The van der Waals surface area contributed by atoms with E-state index in [1.807, 2.05) is 0 Å². The molecule has 2 aliphatic rings. The molecule has 0 saturated carbocycles. The molecule has 0 bridgehead atoms. The lowest BCUT2D eigenvalue weighted by Gasteiger charge is -2.34. The molecule has 158 valence electrons. The number of likely N-dealkylation sites (N-methyl/N-ethyl adjacent to an activating group) is 1. The Kier molecular flexibility index (Phi) is 17.7. The number of carbonyl (C=O) groups is 1. The number of hydrogen-bond acceptors (Lipinski definition) is 4. The van der Waals surface area contributed by atoms with Crippen molar-refractivity contribution in [3.63, 3.8) is 0 Å². The van der Waals surface area contributed by atoms with Gasteiger partial charge in [-0.05, 0) is 57.3 Å². The summed E-state index contributed by atoms with van der Waals surface area (Å²) in [5, 5.41) is 6.56. The number of piperidine rings is 1. The van der Waals surface area contributed by atoms with Crippen LogP contribution < -0.4 is 10.6 Å². The van der Waals surface area contributed by atoms with E-state index >= 15 is 0 Å². The molecule has 0 aromatic heterocycles. The minimum absolute atomic E-state index is 0. The number of hydrogen-bond donors (Lipinski definition) is 2. The van der Waals surface area contributed by atoms with Crippen molar-refractivity contribution in [3.8, 4) is 0 Å². The molecule has 2 unspecified atom stereocenters. The van der Waals surface area contributed by atoms with Crippen LogP contribution in [-0.2, 0) is 4.79 Å². The SMILES string of the molecule is CCN1CCN(CCCNC(=O)CC(C)C2CCCNC2)CC1.Cl.Cl.Cl. The molecule has 2 fully saturated rings. The summed E-state index contributed by atoms with van der Waals surface area (Å²) in [6.07, 6.45) is 4.27. The summed E-state index contributed by atoms with van der Waals surface area (Å²) in [4.78, 5) is 17.1. The van der Waals surface area contributed by atoms with E-state index in [1.165, 1.54) is 45.6 Å². The average molecular weight is 434 g/mol. The van der Waals surface area contributed by atoms with E-state index in [4.69, 9.17) is 0 Å². The summed E-state index contributed by atoms with van der Waals surface area (Å²) >= 11 is 0. The van der Waals surface area contributed by atoms with Crippen LogP contribution in [0.3, 0.4) is 0 Å². The van der Waals surface area contributed by atoms with Crippen LogP contribution in [0, 0.1) is 11.8 Å². The Labute approximate surface area is 178 Å². The van der Waals surface area contributed by atoms with Gasteiger partial charge in [-0.15, -0.1) is 37.2 Å². The lowest BCUT2D eigenvalue weighted by Crippen LogP contribution is -2.46. The first-order valence-electron chi connectivity index (χ1n) is 9.61. The van der Waals surface area contributed by atoms with Crippen molar-refractivity contribution in [2.75, 3.05) is 58.9 Å². The Bertz CT molecular complexity index is 349. The zero-order valence-corrected chi connectivity index (χ0v) is 18.8. The molecule has 2 heterocycles. The van der Waals surface area contributed by atoms with E-state index in [9.17, 15) is 4.79 Å². The van der Waals surface area contributed by atoms with Crippen molar-refractivity contribution in [1.82, 2.24) is 20.4 Å². The lowest BCUT2D eigenvalue weighted by molar-refractivity contribution is -0.122. The van der Waals surface area contributed by atoms with Crippen molar-refractivity contribution in [1.29, 1.82) is 0 Å². The molecule has 0 aromatic carbocycles. The first-order valence-corrected chi connectivity index (χ1v) is 9.61. The van der Waals surface area contributed by atoms with E-state index in [2.05, 4.69) is 34.3 Å². The maximum atomic E-state index is 12.1. The molecule has 2 atom stereocenters. The zero-order valence-electron chi connectivity index (χ0n) is 16.4. The van der Waals surface area contributed by atoms with Crippen LogP contribution in [0.4, 0.5) is 0 Å². The molecule has 0 aliphatic carbocycles. The quantitative estimate of drug-likeness (QED) is 0.577. The third-order valence-electron chi connectivity index (χ3n) is 5.53. The Hall–Kier alpha value is 0.220. The molecule has 5 nitrogen and oxygen atoms in total. The molecule has 8 heteroatoms. The van der Waals surface area contributed by atoms with Crippen LogP contribution in [0.1, 0.15) is 39.5 Å². The van der Waals surface area contributed by atoms with Crippen molar-refractivity contribution in [2.24, 2.45) is 11.8 Å². The van der Waals surface area contributed by atoms with Gasteiger partial charge >= 0.3 is 0 Å². The largest absolute Gasteiger partial charge is 0.356 e. The van der Waals surface area contributed by atoms with E-state index in [1.54, 1.807) is 0 Å². The van der Waals surface area contributed by atoms with Crippen LogP contribution in [-0.4, -0.2) is 74.6 Å². The molecule has 0 aromatic rings. The fourth-order valence-electron chi connectivity index (χ4n) is 3.76. The Balaban J connectivity index is 0. The minimum Gasteiger partial charge on any atom is -0.356 e. The number of nitrogens with zero attached hydrogens (tertiary/aromatic N) is 2. The van der Waals surface area contributed by atoms with Crippen molar-refractivity contribution in [3.05, 3.63) is 0 Å². The topological polar surface area (TPSA) is 47.6 Å². The van der Waals surface area contributed by atoms with Gasteiger partial charge in [-0.25, -0.2) is 0 Å². The molecule has 0 spiro atoms. The second-order valence-electron chi connectivity index (χ2n) is 7.27. The number of carbonyl (C=O) groups excluding carboxylic acids is 1. The third kappa shape index (κ3) is 10.5. The predicted molar refractivity (Wildman–Crippen MR) is 117 cm³/mol. The number of halogens is 3. The van der Waals surface area contributed by atoms with Crippen molar-refractivity contribution >= 4 is 43.1 Å². The molecule has 0 radical (unpaired) electrons. The summed E-state index contributed by atoms with van der Waals surface area (Å²) in [5.41, 5.74) is 0. The highest BCUT2D eigenvalue weighted by Gasteiger charge is 2.22. The standard InChI is InChI=1S/C18H36N4O.3ClH/c1-3-21-10-12-22(13-11-21)9-5-8-20-18(23)14-16(2)17-6-4-7-19-15-17;;;/h16-17,19H,3-15H2,1-2H3,(H,20,23);3*1H. The van der Waals surface area contributed by atoms with Gasteiger partial charge < -0.3 is 20.4 Å². The van der Waals surface area contributed by atoms with E-state index < -0.39 is 0 Å². The molecule has 26 heavy (non-hydrogen) atoms. The number of rotatable bonds is 8. The van der Waals surface area contributed by atoms with E-state index in [0.717, 1.165) is 32.6 Å². The highest BCUT2D eigenvalue weighted by molar-refractivity contribution is 5.86. The second kappa shape index (κ2) is 16.2. The summed E-state index contributed by atoms with van der Waals surface area (Å²) in [6, 6.07) is 0. The third-order valence-corrected chi connectivity index (χ3v) is 5.53. The smallest absolute Gasteiger partial charge is 0.220 e. The molecular formula is C18H39Cl3N4O. The number of piperazine rings is 1. The Morgan fingerprint density at radius 2 is 1.81 bits per heavy atom. The van der Waals surface area contributed by atoms with Crippen LogP contribution in [0.15, 0.2) is 0 Å². The summed E-state index contributed by atoms with van der Waals surface area (Å²) in [7, 11) is 0. The van der Waals surface area contributed by atoms with Gasteiger partial charge in [0.15, 0.2) is 0 Å². The van der Waals surface area contributed by atoms with Gasteiger partial charge in [0.25, 0.3) is 0 Å². The fraction of sp³-hybridized carbons (Fsp3) is 0.944. The van der Waals surface area contributed by atoms with Crippen LogP contribution >= 0.6 is 37.2 Å². The maximum absolute atomic E-state index is 12.1. The van der Waals surface area contributed by atoms with Gasteiger partial charge in [0.2, 0.25) is 5.91 Å². The van der Waals surface area contributed by atoms with Gasteiger partial charge in [-0.2, -0.15) is 0 Å². The molecule has 2 aliphatic heterocycles. The van der Waals surface area contributed by atoms with Gasteiger partial charge in [0, 0.05) is 39.1 Å². The molecule has 1 amide bonds. The Morgan fingerprint density at radius 1 is 1.15 bits per heavy atom. The highest BCUT2D eigenvalue weighted by Crippen LogP contribution is 2.22. The highest BCUT2D eigenvalue weighted by atomic mass is 35.5. The number of amides is 1. The van der Waals surface area contributed by atoms with Crippen LogP contribution in [0.5, 0.6) is 0 Å². The second-order valence-corrected chi connectivity index (χ2v) is 7.27. The normalized spacial score (nSPS) is 22.3. The fourth-order valence-corrected chi connectivity index (χ4v) is 3.76. The summed E-state index contributed by atoms with van der Waals surface area (Å²) in [5.74, 6) is 1.40. The summed E-state index contributed by atoms with van der Waals surface area (Å²) in [6.45, 7) is 14.5. The maximum Gasteiger partial charge on any atom is 0.220 e. The molecule has 2 saturated heterocycles. The lowest BCUT2D eigenvalue weighted by atomic mass is 9.85. The van der Waals surface area contributed by atoms with Crippen LogP contribution in [0.2, 0.25) is 0 Å². The first-order chi connectivity index (χ1) is 11.2. The van der Waals surface area contributed by atoms with Gasteiger partial charge in [0.1, 0.15) is 0 Å². The van der Waals surface area contributed by atoms with Crippen molar-refractivity contribution < 1.29 is 4.79 Å². The zero-order chi connectivity index (χ0) is 16.5. The molecule has 2 N–H and O–H groups in total. The van der Waals surface area contributed by atoms with Crippen molar-refractivity contribution in [2.45, 2.75) is 39.5 Å². The van der Waals surface area contributed by atoms with Gasteiger partial charge in [-0.1, -0.05) is 13.8 Å². The minimum atomic E-state index is 0. The van der Waals surface area contributed by atoms with E-state index in [0.29, 0.717) is 18.3 Å². The summed E-state index contributed by atoms with van der Waals surface area (Å²) < 4.78 is 0. The molecular weight excluding hydrogens is 395 g/mol. The Morgan fingerprint density at radius 3 is 2.38 bits per heavy atom. The van der Waals surface area contributed by atoms with E-state index in [-0.39, 0.29) is 43.1 Å².